The van der Waals surface area contributed by atoms with E-state index in [9.17, 15) is 23.4 Å². The fourth-order valence-corrected chi connectivity index (χ4v) is 4.43. The van der Waals surface area contributed by atoms with Crippen molar-refractivity contribution in [3.8, 4) is 16.9 Å². The van der Waals surface area contributed by atoms with Crippen LogP contribution in [0, 0.1) is 30.8 Å². The van der Waals surface area contributed by atoms with E-state index in [2.05, 4.69) is 20.4 Å². The van der Waals surface area contributed by atoms with Crippen LogP contribution in [0.15, 0.2) is 36.5 Å². The molecule has 1 aliphatic rings. The van der Waals surface area contributed by atoms with Gasteiger partial charge >= 0.3 is 0 Å². The van der Waals surface area contributed by atoms with Gasteiger partial charge in [0.2, 0.25) is 0 Å². The van der Waals surface area contributed by atoms with Crippen molar-refractivity contribution in [1.29, 1.82) is 0 Å². The summed E-state index contributed by atoms with van der Waals surface area (Å²) in [6.45, 7) is 1.13. The first kappa shape index (κ1) is 25.6. The Morgan fingerprint density at radius 3 is 2.54 bits per heavy atom. The molecule has 4 aromatic rings. The number of aromatic nitrogens is 6. The lowest BCUT2D eigenvalue weighted by molar-refractivity contribution is -0.136. The molecule has 1 fully saturated rings. The maximum absolute atomic E-state index is 13.7. The summed E-state index contributed by atoms with van der Waals surface area (Å²) in [5, 5.41) is 33.8. The Balaban J connectivity index is 1.51. The number of aliphatic hydroxyl groups excluding tert-OH is 2. The van der Waals surface area contributed by atoms with Crippen LogP contribution < -0.4 is 0 Å². The predicted octanol–water partition coefficient (Wildman–Crippen LogP) is 3.80. The molecule has 5 rings (SSSR count). The molecule has 0 spiro atoms. The Hall–Kier alpha value is -3.03. The smallest absolute Gasteiger partial charge is 0.194 e. The maximum atomic E-state index is 13.7. The summed E-state index contributed by atoms with van der Waals surface area (Å²) in [6.07, 6.45) is -0.343. The fourth-order valence-electron chi connectivity index (χ4n) is 4.07. The van der Waals surface area contributed by atoms with Gasteiger partial charge < -0.3 is 14.9 Å². The molecule has 193 valence electrons. The topological polar surface area (TPSA) is 111 Å². The second-order valence-corrected chi connectivity index (χ2v) is 9.16. The molecule has 3 heterocycles. The Morgan fingerprint density at radius 1 is 1.11 bits per heavy atom. The normalized spacial score (nSPS) is 21.9. The first-order valence-corrected chi connectivity index (χ1v) is 11.7. The Labute approximate surface area is 218 Å². The molecule has 1 saturated heterocycles. The molecule has 2 N–H and O–H groups in total. The largest absolute Gasteiger partial charge is 0.394 e. The summed E-state index contributed by atoms with van der Waals surface area (Å²) in [4.78, 5) is 4.45. The van der Waals surface area contributed by atoms with E-state index in [1.807, 2.05) is 0 Å². The summed E-state index contributed by atoms with van der Waals surface area (Å²) in [7, 11) is 0. The number of aryl methyl sites for hydroxylation is 1. The minimum absolute atomic E-state index is 0.0340. The van der Waals surface area contributed by atoms with Crippen LogP contribution in [0.1, 0.15) is 23.8 Å². The maximum Gasteiger partial charge on any atom is 0.194 e. The number of ether oxygens (including phenoxy) is 1. The standard InChI is InChI=1S/C23H18Cl2F3N6O3/c1-10-29-23(34(31-10)17-6-12(24)2-3-13(17)25)19-7-18(22(36)20(9-35)37-19)33-8-16(30-32-33)11-4-14(26)21(28)15(27)5-11/h2-8,18-20,22,35-36H,9H2,1H3/t18-,19-,20+,22+/m1/s1. The number of hydrogen-bond donors (Lipinski definition) is 2. The molecule has 0 bridgehead atoms. The van der Waals surface area contributed by atoms with Crippen molar-refractivity contribution in [1.82, 2.24) is 29.8 Å². The second-order valence-electron chi connectivity index (χ2n) is 8.31. The van der Waals surface area contributed by atoms with Gasteiger partial charge in [0, 0.05) is 17.0 Å². The molecule has 2 aromatic carbocycles. The highest BCUT2D eigenvalue weighted by atomic mass is 35.5. The lowest BCUT2D eigenvalue weighted by atomic mass is 9.95. The van der Waals surface area contributed by atoms with Gasteiger partial charge in [-0.3, -0.25) is 0 Å². The lowest BCUT2D eigenvalue weighted by Gasteiger charge is -2.37. The van der Waals surface area contributed by atoms with Crippen molar-refractivity contribution in [2.45, 2.75) is 31.3 Å². The monoisotopic (exact) mass is 553 g/mol. The molecule has 0 aliphatic carbocycles. The van der Waals surface area contributed by atoms with Crippen LogP contribution in [0.2, 0.25) is 10.0 Å². The van der Waals surface area contributed by atoms with Gasteiger partial charge in [-0.05, 0) is 37.3 Å². The first-order valence-electron chi connectivity index (χ1n) is 10.9. The molecule has 37 heavy (non-hydrogen) atoms. The SMILES string of the molecule is Cc1nc([C@H]2[CH][C@@H](n3cc(-c4cc(F)c(F)c(F)c4)nn3)[C@H](O)[C@H](CO)O2)n(-c2cc(Cl)ccc2Cl)n1. The zero-order valence-electron chi connectivity index (χ0n) is 18.9. The highest BCUT2D eigenvalue weighted by Gasteiger charge is 2.42. The van der Waals surface area contributed by atoms with Crippen molar-refractivity contribution in [2.24, 2.45) is 0 Å². The van der Waals surface area contributed by atoms with E-state index >= 15 is 0 Å². The number of hydrogen-bond acceptors (Lipinski definition) is 7. The number of nitrogens with zero attached hydrogens (tertiary/aromatic N) is 6. The molecule has 1 aliphatic heterocycles. The van der Waals surface area contributed by atoms with Gasteiger partial charge in [0.1, 0.15) is 29.8 Å². The van der Waals surface area contributed by atoms with E-state index in [-0.39, 0.29) is 11.3 Å². The molecule has 9 nitrogen and oxygen atoms in total. The minimum atomic E-state index is -1.60. The Morgan fingerprint density at radius 2 is 1.84 bits per heavy atom. The third kappa shape index (κ3) is 4.82. The summed E-state index contributed by atoms with van der Waals surface area (Å²) in [5.74, 6) is -3.67. The van der Waals surface area contributed by atoms with Crippen molar-refractivity contribution in [2.75, 3.05) is 6.61 Å². The summed E-state index contributed by atoms with van der Waals surface area (Å²) >= 11 is 12.5. The van der Waals surface area contributed by atoms with Gasteiger partial charge in [-0.2, -0.15) is 5.10 Å². The quantitative estimate of drug-likeness (QED) is 0.361. The van der Waals surface area contributed by atoms with Crippen LogP contribution in [0.25, 0.3) is 16.9 Å². The van der Waals surface area contributed by atoms with Crippen molar-refractivity contribution < 1.29 is 28.1 Å². The van der Waals surface area contributed by atoms with Gasteiger partial charge in [0.15, 0.2) is 23.3 Å². The van der Waals surface area contributed by atoms with Crippen molar-refractivity contribution in [3.63, 3.8) is 0 Å². The highest BCUT2D eigenvalue weighted by Crippen LogP contribution is 2.38. The summed E-state index contributed by atoms with van der Waals surface area (Å²) in [6, 6.07) is 5.49. The highest BCUT2D eigenvalue weighted by molar-refractivity contribution is 6.34. The molecule has 0 saturated carbocycles. The van der Waals surface area contributed by atoms with Gasteiger partial charge in [-0.1, -0.05) is 28.4 Å². The molecule has 2 aromatic heterocycles. The third-order valence-electron chi connectivity index (χ3n) is 5.83. The van der Waals surface area contributed by atoms with E-state index < -0.39 is 48.4 Å². The van der Waals surface area contributed by atoms with Crippen LogP contribution in [0.3, 0.4) is 0 Å². The third-order valence-corrected chi connectivity index (χ3v) is 6.38. The molecule has 1 radical (unpaired) electrons. The number of rotatable bonds is 5. The van der Waals surface area contributed by atoms with Crippen molar-refractivity contribution >= 4 is 23.2 Å². The summed E-state index contributed by atoms with van der Waals surface area (Å²) < 4.78 is 49.4. The van der Waals surface area contributed by atoms with Gasteiger partial charge in [0.05, 0.1) is 29.6 Å². The van der Waals surface area contributed by atoms with E-state index in [1.54, 1.807) is 31.5 Å². The molecular formula is C23H18Cl2F3N6O3. The van der Waals surface area contributed by atoms with Gasteiger partial charge in [0.25, 0.3) is 0 Å². The van der Waals surface area contributed by atoms with Crippen LogP contribution in [0.4, 0.5) is 13.2 Å². The number of benzene rings is 2. The van der Waals surface area contributed by atoms with Gasteiger partial charge in [-0.15, -0.1) is 5.10 Å². The molecule has 4 atom stereocenters. The number of halogens is 5. The van der Waals surface area contributed by atoms with E-state index in [0.29, 0.717) is 27.4 Å². The zero-order valence-corrected chi connectivity index (χ0v) is 20.4. The fraction of sp³-hybridized carbons (Fsp3) is 0.261. The minimum Gasteiger partial charge on any atom is -0.394 e. The van der Waals surface area contributed by atoms with Crippen LogP contribution in [-0.4, -0.2) is 58.8 Å². The van der Waals surface area contributed by atoms with E-state index in [4.69, 9.17) is 27.9 Å². The Bertz CT molecular complexity index is 1440. The molecular weight excluding hydrogens is 536 g/mol. The van der Waals surface area contributed by atoms with Crippen LogP contribution >= 0.6 is 23.2 Å². The van der Waals surface area contributed by atoms with E-state index in [0.717, 1.165) is 12.1 Å². The second kappa shape index (κ2) is 10.0. The lowest BCUT2D eigenvalue weighted by Crippen LogP contribution is -2.46. The van der Waals surface area contributed by atoms with Gasteiger partial charge in [-0.25, -0.2) is 27.5 Å². The average molecular weight is 554 g/mol. The predicted molar refractivity (Wildman–Crippen MR) is 125 cm³/mol. The van der Waals surface area contributed by atoms with Crippen LogP contribution in [0.5, 0.6) is 0 Å². The van der Waals surface area contributed by atoms with Crippen LogP contribution in [-0.2, 0) is 4.74 Å². The molecule has 0 amide bonds. The zero-order chi connectivity index (χ0) is 26.4. The average Bonchev–Trinajstić information content (AvgIpc) is 3.51. The molecule has 14 heteroatoms. The number of aliphatic hydroxyl groups is 2. The van der Waals surface area contributed by atoms with E-state index in [1.165, 1.54) is 15.6 Å². The Kier molecular flexibility index (Phi) is 6.94. The first-order chi connectivity index (χ1) is 17.7. The molecule has 0 unspecified atom stereocenters. The van der Waals surface area contributed by atoms with Crippen molar-refractivity contribution in [3.05, 3.63) is 82.1 Å². The summed E-state index contributed by atoms with van der Waals surface area (Å²) in [5.41, 5.74) is 0.422.